The van der Waals surface area contributed by atoms with Crippen molar-refractivity contribution in [3.05, 3.63) is 0 Å². The van der Waals surface area contributed by atoms with Crippen LogP contribution in [-0.4, -0.2) is 11.6 Å². The molecule has 0 aliphatic heterocycles. The lowest BCUT2D eigenvalue weighted by Crippen LogP contribution is -2.24. The molecule has 3 heteroatoms. The summed E-state index contributed by atoms with van der Waals surface area (Å²) in [5.41, 5.74) is -0.299. The molecule has 60 valence electrons. The van der Waals surface area contributed by atoms with Crippen molar-refractivity contribution < 1.29 is 9.53 Å². The fourth-order valence-electron chi connectivity index (χ4n) is 1.13. The molecule has 0 heterocycles. The van der Waals surface area contributed by atoms with Crippen molar-refractivity contribution in [2.24, 2.45) is 5.92 Å². The van der Waals surface area contributed by atoms with Crippen molar-refractivity contribution in [3.63, 3.8) is 0 Å². The minimum atomic E-state index is -0.754. The van der Waals surface area contributed by atoms with Crippen LogP contribution in [0.5, 0.6) is 0 Å². The van der Waals surface area contributed by atoms with Crippen molar-refractivity contribution in [3.8, 4) is 6.07 Å². The molecule has 0 saturated heterocycles. The minimum Gasteiger partial charge on any atom is -0.448 e. The van der Waals surface area contributed by atoms with Crippen LogP contribution in [0, 0.1) is 17.2 Å². The van der Waals surface area contributed by atoms with E-state index in [-0.39, 0.29) is 5.60 Å². The third kappa shape index (κ3) is 1.51. The number of rotatable bonds is 2. The predicted octanol–water partition coefficient (Wildman–Crippen LogP) is 1.24. The summed E-state index contributed by atoms with van der Waals surface area (Å²) in [7, 11) is 0. The van der Waals surface area contributed by atoms with E-state index in [0.717, 1.165) is 12.8 Å². The first-order chi connectivity index (χ1) is 5.10. The molecule has 1 aliphatic rings. The average Bonchev–Trinajstić information content (AvgIpc) is 2.69. The van der Waals surface area contributed by atoms with E-state index >= 15 is 0 Å². The molecule has 11 heavy (non-hydrogen) atoms. The van der Waals surface area contributed by atoms with Gasteiger partial charge in [-0.1, -0.05) is 13.8 Å². The summed E-state index contributed by atoms with van der Waals surface area (Å²) in [6.45, 7) is 4.00. The highest BCUT2D eigenvalue weighted by Crippen LogP contribution is 2.45. The number of nitrogens with zero attached hydrogens (tertiary/aromatic N) is 1. The van der Waals surface area contributed by atoms with Crippen LogP contribution in [0.3, 0.4) is 0 Å². The quantitative estimate of drug-likeness (QED) is 0.443. The molecule has 0 N–H and O–H groups in total. The van der Waals surface area contributed by atoms with E-state index in [1.165, 1.54) is 6.07 Å². The third-order valence-corrected chi connectivity index (χ3v) is 2.18. The Morgan fingerprint density at radius 1 is 1.64 bits per heavy atom. The Labute approximate surface area is 66.0 Å². The molecule has 0 bridgehead atoms. The van der Waals surface area contributed by atoms with Crippen LogP contribution in [-0.2, 0) is 9.53 Å². The van der Waals surface area contributed by atoms with Crippen molar-refractivity contribution >= 4 is 5.97 Å². The molecular weight excluding hydrogens is 142 g/mol. The van der Waals surface area contributed by atoms with E-state index in [2.05, 4.69) is 0 Å². The highest BCUT2D eigenvalue weighted by Gasteiger charge is 2.49. The Kier molecular flexibility index (Phi) is 1.86. The van der Waals surface area contributed by atoms with Gasteiger partial charge in [0.2, 0.25) is 0 Å². The third-order valence-electron chi connectivity index (χ3n) is 2.18. The summed E-state index contributed by atoms with van der Waals surface area (Å²) < 4.78 is 4.96. The number of ether oxygens (including phenoxy) is 1. The van der Waals surface area contributed by atoms with Crippen LogP contribution in [0.15, 0.2) is 0 Å². The number of esters is 1. The second-order valence-corrected chi connectivity index (χ2v) is 3.22. The Bertz CT molecular complexity index is 211. The van der Waals surface area contributed by atoms with Crippen molar-refractivity contribution in [2.75, 3.05) is 0 Å². The molecule has 0 aromatic carbocycles. The van der Waals surface area contributed by atoms with E-state index in [9.17, 15) is 4.79 Å². The monoisotopic (exact) mass is 153 g/mol. The molecule has 0 atom stereocenters. The molecule has 0 spiro atoms. The first-order valence-corrected chi connectivity index (χ1v) is 3.74. The van der Waals surface area contributed by atoms with Gasteiger partial charge in [0.15, 0.2) is 6.07 Å². The Morgan fingerprint density at radius 3 is 2.45 bits per heavy atom. The van der Waals surface area contributed by atoms with Crippen LogP contribution in [0.4, 0.5) is 0 Å². The lowest BCUT2D eigenvalue weighted by molar-refractivity contribution is -0.146. The first kappa shape index (κ1) is 8.06. The molecule has 0 amide bonds. The maximum absolute atomic E-state index is 10.6. The summed E-state index contributed by atoms with van der Waals surface area (Å²) in [6, 6.07) is 1.45. The maximum Gasteiger partial charge on any atom is 0.411 e. The molecule has 0 radical (unpaired) electrons. The largest absolute Gasteiger partial charge is 0.448 e. The van der Waals surface area contributed by atoms with Gasteiger partial charge in [-0.25, -0.2) is 4.79 Å². The minimum absolute atomic E-state index is 0.299. The number of carbonyl (C=O) groups is 1. The summed E-state index contributed by atoms with van der Waals surface area (Å²) in [6.07, 6.45) is 1.80. The van der Waals surface area contributed by atoms with E-state index in [4.69, 9.17) is 10.00 Å². The lowest BCUT2D eigenvalue weighted by Gasteiger charge is -2.17. The molecule has 0 aromatic heterocycles. The van der Waals surface area contributed by atoms with Gasteiger partial charge in [0.25, 0.3) is 0 Å². The summed E-state index contributed by atoms with van der Waals surface area (Å²) in [4.78, 5) is 10.6. The molecule has 1 rings (SSSR count). The summed E-state index contributed by atoms with van der Waals surface area (Å²) in [5, 5.41) is 8.18. The van der Waals surface area contributed by atoms with E-state index < -0.39 is 5.97 Å². The van der Waals surface area contributed by atoms with Gasteiger partial charge in [-0.05, 0) is 18.8 Å². The van der Waals surface area contributed by atoms with E-state index in [0.29, 0.717) is 5.92 Å². The van der Waals surface area contributed by atoms with Gasteiger partial charge in [-0.3, -0.25) is 0 Å². The zero-order valence-electron chi connectivity index (χ0n) is 6.76. The molecule has 3 nitrogen and oxygen atoms in total. The lowest BCUT2D eigenvalue weighted by atomic mass is 10.1. The molecule has 1 aliphatic carbocycles. The number of hydrogen-bond acceptors (Lipinski definition) is 3. The second kappa shape index (κ2) is 2.54. The molecule has 1 fully saturated rings. The normalized spacial score (nSPS) is 19.1. The smallest absolute Gasteiger partial charge is 0.411 e. The second-order valence-electron chi connectivity index (χ2n) is 3.22. The number of hydrogen-bond donors (Lipinski definition) is 0. The Morgan fingerprint density at radius 2 is 2.18 bits per heavy atom. The molecule has 1 saturated carbocycles. The Balaban J connectivity index is 2.50. The fourth-order valence-corrected chi connectivity index (χ4v) is 1.13. The van der Waals surface area contributed by atoms with Crippen molar-refractivity contribution in [1.82, 2.24) is 0 Å². The zero-order valence-corrected chi connectivity index (χ0v) is 6.76. The zero-order chi connectivity index (χ0) is 8.48. The number of nitriles is 1. The predicted molar refractivity (Wildman–Crippen MR) is 38.5 cm³/mol. The van der Waals surface area contributed by atoms with Crippen LogP contribution in [0.25, 0.3) is 0 Å². The van der Waals surface area contributed by atoms with Gasteiger partial charge in [0.05, 0.1) is 0 Å². The van der Waals surface area contributed by atoms with Crippen LogP contribution in [0.1, 0.15) is 26.7 Å². The van der Waals surface area contributed by atoms with Gasteiger partial charge < -0.3 is 4.74 Å². The van der Waals surface area contributed by atoms with E-state index in [1.54, 1.807) is 0 Å². The van der Waals surface area contributed by atoms with Gasteiger partial charge in [0, 0.05) is 0 Å². The topological polar surface area (TPSA) is 50.1 Å². The van der Waals surface area contributed by atoms with Crippen LogP contribution >= 0.6 is 0 Å². The highest BCUT2D eigenvalue weighted by molar-refractivity contribution is 5.86. The van der Waals surface area contributed by atoms with Crippen LogP contribution in [0.2, 0.25) is 0 Å². The standard InChI is InChI=1S/C8H11NO2/c1-6(2)8(3-4-8)11-7(10)5-9/h6H,3-4H2,1-2H3. The van der Waals surface area contributed by atoms with Gasteiger partial charge in [0.1, 0.15) is 5.60 Å². The summed E-state index contributed by atoms with van der Waals surface area (Å²) in [5.74, 6) is -0.434. The van der Waals surface area contributed by atoms with Crippen LogP contribution < -0.4 is 0 Å². The fraction of sp³-hybridized carbons (Fsp3) is 0.750. The van der Waals surface area contributed by atoms with Crippen molar-refractivity contribution in [2.45, 2.75) is 32.3 Å². The highest BCUT2D eigenvalue weighted by atomic mass is 16.6. The molecule has 0 unspecified atom stereocenters. The summed E-state index contributed by atoms with van der Waals surface area (Å²) >= 11 is 0. The van der Waals surface area contributed by atoms with Gasteiger partial charge >= 0.3 is 5.97 Å². The molecule has 0 aromatic rings. The van der Waals surface area contributed by atoms with Gasteiger partial charge in [-0.15, -0.1) is 0 Å². The Hall–Kier alpha value is -1.04. The van der Waals surface area contributed by atoms with Crippen molar-refractivity contribution in [1.29, 1.82) is 5.26 Å². The average molecular weight is 153 g/mol. The van der Waals surface area contributed by atoms with Gasteiger partial charge in [-0.2, -0.15) is 5.26 Å². The van der Waals surface area contributed by atoms with E-state index in [1.807, 2.05) is 13.8 Å². The molecular formula is C8H11NO2. The number of carbonyl (C=O) groups excluding carboxylic acids is 1. The maximum atomic E-state index is 10.6. The first-order valence-electron chi connectivity index (χ1n) is 3.74. The SMILES string of the molecule is CC(C)C1(OC(=O)C#N)CC1.